The first-order valence-electron chi connectivity index (χ1n) is 11.5. The summed E-state index contributed by atoms with van der Waals surface area (Å²) in [6, 6.07) is 15.4. The van der Waals surface area contributed by atoms with E-state index in [1.54, 1.807) is 32.3 Å². The van der Waals surface area contributed by atoms with Gasteiger partial charge in [-0.2, -0.15) is 0 Å². The van der Waals surface area contributed by atoms with E-state index in [2.05, 4.69) is 23.6 Å². The zero-order valence-electron chi connectivity index (χ0n) is 19.5. The van der Waals surface area contributed by atoms with Crippen LogP contribution in [0, 0.1) is 5.92 Å². The lowest BCUT2D eigenvalue weighted by Gasteiger charge is -2.48. The number of hydrogen-bond donors (Lipinski definition) is 1. The number of benzene rings is 2. The largest absolute Gasteiger partial charge is 0.508 e. The van der Waals surface area contributed by atoms with Gasteiger partial charge in [-0.25, -0.2) is 12.7 Å². The highest BCUT2D eigenvalue weighted by atomic mass is 32.2. The zero-order chi connectivity index (χ0) is 23.0. The number of phenolic OH excluding ortho intramolecular Hbond substituents is 1. The highest BCUT2D eigenvalue weighted by molar-refractivity contribution is 7.89. The number of aromatic hydroxyl groups is 1. The van der Waals surface area contributed by atoms with E-state index in [0.29, 0.717) is 12.1 Å². The summed E-state index contributed by atoms with van der Waals surface area (Å²) < 4.78 is 26.3. The second-order valence-corrected chi connectivity index (χ2v) is 11.8. The number of piperazine rings is 1. The maximum absolute atomic E-state index is 12.5. The summed E-state index contributed by atoms with van der Waals surface area (Å²) in [6.07, 6.45) is 2.71. The molecule has 3 atom stereocenters. The summed E-state index contributed by atoms with van der Waals surface area (Å²) in [7, 11) is -0.386. The number of nitrogens with zero attached hydrogens (tertiary/aromatic N) is 3. The first-order valence-corrected chi connectivity index (χ1v) is 12.9. The Bertz CT molecular complexity index is 1030. The molecule has 0 aromatic heterocycles. The fraction of sp³-hybridized carbons (Fsp3) is 0.520. The van der Waals surface area contributed by atoms with Crippen LogP contribution < -0.4 is 0 Å². The van der Waals surface area contributed by atoms with Crippen molar-refractivity contribution in [2.75, 3.05) is 33.7 Å². The van der Waals surface area contributed by atoms with Crippen LogP contribution in [0.25, 0.3) is 0 Å². The highest BCUT2D eigenvalue weighted by Gasteiger charge is 2.37. The van der Waals surface area contributed by atoms with Crippen LogP contribution in [0.1, 0.15) is 43.9 Å². The molecule has 2 aromatic carbocycles. The van der Waals surface area contributed by atoms with Crippen LogP contribution >= 0.6 is 0 Å². The lowest BCUT2D eigenvalue weighted by atomic mass is 9.93. The van der Waals surface area contributed by atoms with Crippen molar-refractivity contribution in [3.8, 4) is 5.75 Å². The van der Waals surface area contributed by atoms with E-state index in [4.69, 9.17) is 0 Å². The Balaban J connectivity index is 1.67. The van der Waals surface area contributed by atoms with E-state index in [0.717, 1.165) is 30.1 Å². The van der Waals surface area contributed by atoms with Crippen molar-refractivity contribution in [3.05, 3.63) is 59.7 Å². The minimum Gasteiger partial charge on any atom is -0.508 e. The van der Waals surface area contributed by atoms with E-state index >= 15 is 0 Å². The Morgan fingerprint density at radius 3 is 2.28 bits per heavy atom. The lowest BCUT2D eigenvalue weighted by molar-refractivity contribution is 0.0216. The predicted molar refractivity (Wildman–Crippen MR) is 127 cm³/mol. The van der Waals surface area contributed by atoms with Gasteiger partial charge >= 0.3 is 0 Å². The van der Waals surface area contributed by atoms with Crippen LogP contribution in [0.4, 0.5) is 0 Å². The summed E-state index contributed by atoms with van der Waals surface area (Å²) in [6.45, 7) is 7.69. The lowest BCUT2D eigenvalue weighted by Crippen LogP contribution is -2.57. The van der Waals surface area contributed by atoms with Gasteiger partial charge in [-0.3, -0.25) is 9.80 Å². The van der Waals surface area contributed by atoms with Gasteiger partial charge in [-0.15, -0.1) is 0 Å². The van der Waals surface area contributed by atoms with Gasteiger partial charge < -0.3 is 5.11 Å². The Hall–Kier alpha value is -1.93. The molecule has 6 nitrogen and oxygen atoms in total. The Morgan fingerprint density at radius 1 is 1.00 bits per heavy atom. The van der Waals surface area contributed by atoms with Gasteiger partial charge in [-0.05, 0) is 68.0 Å². The first kappa shape index (κ1) is 23.2. The summed E-state index contributed by atoms with van der Waals surface area (Å²) in [5.41, 5.74) is 2.05. The smallest absolute Gasteiger partial charge is 0.242 e. The van der Waals surface area contributed by atoms with E-state index in [9.17, 15) is 13.5 Å². The van der Waals surface area contributed by atoms with Crippen LogP contribution in [0.3, 0.4) is 0 Å². The Morgan fingerprint density at radius 2 is 1.69 bits per heavy atom. The average molecular weight is 458 g/mol. The molecule has 4 rings (SSSR count). The molecule has 1 heterocycles. The molecule has 1 unspecified atom stereocenters. The fourth-order valence-electron chi connectivity index (χ4n) is 4.77. The molecule has 2 fully saturated rings. The third-order valence-corrected chi connectivity index (χ3v) is 8.67. The number of phenols is 1. The molecule has 174 valence electrons. The van der Waals surface area contributed by atoms with Crippen LogP contribution in [0.15, 0.2) is 53.4 Å². The molecule has 7 heteroatoms. The molecule has 1 N–H and O–H groups in total. The van der Waals surface area contributed by atoms with Crippen LogP contribution in [-0.2, 0) is 10.0 Å². The van der Waals surface area contributed by atoms with Crippen molar-refractivity contribution >= 4 is 10.0 Å². The first-order chi connectivity index (χ1) is 15.2. The summed E-state index contributed by atoms with van der Waals surface area (Å²) in [4.78, 5) is 5.40. The molecule has 0 spiro atoms. The highest BCUT2D eigenvalue weighted by Crippen LogP contribution is 2.36. The second kappa shape index (κ2) is 9.14. The van der Waals surface area contributed by atoms with Crippen LogP contribution in [0.2, 0.25) is 0 Å². The van der Waals surface area contributed by atoms with Gasteiger partial charge in [0.15, 0.2) is 0 Å². The van der Waals surface area contributed by atoms with Crippen molar-refractivity contribution in [2.24, 2.45) is 5.92 Å². The fourth-order valence-corrected chi connectivity index (χ4v) is 5.68. The van der Waals surface area contributed by atoms with Gasteiger partial charge in [0.05, 0.1) is 10.9 Å². The van der Waals surface area contributed by atoms with Crippen molar-refractivity contribution in [2.45, 2.75) is 49.7 Å². The molecule has 32 heavy (non-hydrogen) atoms. The molecule has 1 aliphatic carbocycles. The molecule has 0 amide bonds. The molecule has 2 aromatic rings. The zero-order valence-corrected chi connectivity index (χ0v) is 20.3. The van der Waals surface area contributed by atoms with Gasteiger partial charge in [-0.1, -0.05) is 24.3 Å². The normalized spacial score (nSPS) is 24.0. The van der Waals surface area contributed by atoms with Gasteiger partial charge in [0.2, 0.25) is 10.0 Å². The standard InChI is InChI=1S/C25H35N3O3S/c1-18-16-28(19(2)15-27(18)17-20-8-9-20)25(22-6-5-7-23(29)14-22)21-10-12-24(13-11-21)32(30,31)26(3)4/h5-7,10-14,18-20,25,29H,8-9,15-17H2,1-4H3/t18-,19+,25?/m0/s1. The monoisotopic (exact) mass is 457 g/mol. The molecular weight excluding hydrogens is 422 g/mol. The molecule has 2 aliphatic rings. The Kier molecular flexibility index (Phi) is 6.63. The minimum atomic E-state index is -3.48. The molecule has 0 bridgehead atoms. The van der Waals surface area contributed by atoms with Crippen molar-refractivity contribution < 1.29 is 13.5 Å². The van der Waals surface area contributed by atoms with Crippen molar-refractivity contribution in [1.82, 2.24) is 14.1 Å². The van der Waals surface area contributed by atoms with E-state index < -0.39 is 10.0 Å². The maximum atomic E-state index is 12.5. The van der Waals surface area contributed by atoms with Crippen molar-refractivity contribution in [1.29, 1.82) is 0 Å². The third-order valence-electron chi connectivity index (χ3n) is 6.84. The summed E-state index contributed by atoms with van der Waals surface area (Å²) in [5.74, 6) is 1.11. The minimum absolute atomic E-state index is 0.0567. The average Bonchev–Trinajstić information content (AvgIpc) is 3.56. The SMILES string of the molecule is C[C@@H]1CN(CC2CC2)[C@@H](C)CN1C(c1ccc(S(=O)(=O)N(C)C)cc1)c1cccc(O)c1. The van der Waals surface area contributed by atoms with E-state index in [1.165, 1.54) is 23.7 Å². The number of sulfonamides is 1. The quantitative estimate of drug-likeness (QED) is 0.689. The predicted octanol–water partition coefficient (Wildman–Crippen LogP) is 3.54. The summed E-state index contributed by atoms with van der Waals surface area (Å²) in [5, 5.41) is 10.2. The molecule has 1 saturated heterocycles. The number of hydrogen-bond acceptors (Lipinski definition) is 5. The second-order valence-electron chi connectivity index (χ2n) is 9.65. The summed E-state index contributed by atoms with van der Waals surface area (Å²) >= 11 is 0. The molecular formula is C25H35N3O3S. The van der Waals surface area contributed by atoms with Gasteiger partial charge in [0, 0.05) is 45.8 Å². The number of rotatable bonds is 7. The van der Waals surface area contributed by atoms with Crippen molar-refractivity contribution in [3.63, 3.8) is 0 Å². The van der Waals surface area contributed by atoms with Gasteiger partial charge in [0.25, 0.3) is 0 Å². The molecule has 1 saturated carbocycles. The molecule has 0 radical (unpaired) electrons. The van der Waals surface area contributed by atoms with Gasteiger partial charge in [0.1, 0.15) is 5.75 Å². The molecule has 1 aliphatic heterocycles. The maximum Gasteiger partial charge on any atom is 0.242 e. The Labute approximate surface area is 192 Å². The van der Waals surface area contributed by atoms with Crippen LogP contribution in [-0.4, -0.2) is 73.4 Å². The van der Waals surface area contributed by atoms with E-state index in [1.807, 2.05) is 30.3 Å². The van der Waals surface area contributed by atoms with Crippen LogP contribution in [0.5, 0.6) is 5.75 Å². The van der Waals surface area contributed by atoms with E-state index in [-0.39, 0.29) is 16.7 Å². The third kappa shape index (κ3) is 4.86. The topological polar surface area (TPSA) is 64.1 Å².